The molecule has 0 radical (unpaired) electrons. The molecule has 23 heavy (non-hydrogen) atoms. The second-order valence-corrected chi connectivity index (χ2v) is 5.58. The lowest BCUT2D eigenvalue weighted by Gasteiger charge is -2.14. The van der Waals surface area contributed by atoms with Gasteiger partial charge in [-0.1, -0.05) is 48.5 Å². The third-order valence-electron chi connectivity index (χ3n) is 3.92. The first-order valence-corrected chi connectivity index (χ1v) is 7.35. The van der Waals surface area contributed by atoms with Crippen LogP contribution < -0.4 is 5.46 Å². The normalized spacial score (nSPS) is 13.3. The van der Waals surface area contributed by atoms with E-state index in [0.717, 1.165) is 11.1 Å². The molecule has 0 saturated heterocycles. The van der Waals surface area contributed by atoms with Gasteiger partial charge < -0.3 is 10.0 Å². The fraction of sp³-hybridized carbons (Fsp3) is 0.111. The first-order chi connectivity index (χ1) is 11.0. The van der Waals surface area contributed by atoms with Gasteiger partial charge in [-0.05, 0) is 28.2 Å². The number of rotatable bonds is 4. The van der Waals surface area contributed by atoms with Crippen LogP contribution in [0.1, 0.15) is 16.7 Å². The van der Waals surface area contributed by atoms with Crippen LogP contribution in [0.15, 0.2) is 54.1 Å². The molecule has 0 heterocycles. The highest BCUT2D eigenvalue weighted by Crippen LogP contribution is 2.22. The van der Waals surface area contributed by atoms with E-state index >= 15 is 0 Å². The average Bonchev–Trinajstić information content (AvgIpc) is 2.54. The third kappa shape index (κ3) is 3.31. The molecule has 0 saturated carbocycles. The second-order valence-electron chi connectivity index (χ2n) is 5.58. The van der Waals surface area contributed by atoms with Crippen molar-refractivity contribution >= 4 is 30.2 Å². The summed E-state index contributed by atoms with van der Waals surface area (Å²) in [5, 5.41) is 18.4. The lowest BCUT2D eigenvalue weighted by atomic mass is 9.79. The van der Waals surface area contributed by atoms with Crippen molar-refractivity contribution in [3.8, 4) is 0 Å². The molecule has 1 aliphatic carbocycles. The molecule has 0 aliphatic heterocycles. The molecule has 0 atom stereocenters. The van der Waals surface area contributed by atoms with Crippen molar-refractivity contribution in [3.63, 3.8) is 0 Å². The first-order valence-electron chi connectivity index (χ1n) is 7.35. The number of hydrogen-bond acceptors (Lipinski definition) is 4. The molecular formula is C18H15BO4. The summed E-state index contributed by atoms with van der Waals surface area (Å²) in [6, 6.07) is 14.0. The quantitative estimate of drug-likeness (QED) is 0.644. The van der Waals surface area contributed by atoms with Crippen LogP contribution in [0.2, 0.25) is 0 Å². The maximum absolute atomic E-state index is 12.5. The zero-order valence-corrected chi connectivity index (χ0v) is 12.4. The summed E-state index contributed by atoms with van der Waals surface area (Å²) in [5.74, 6) is -0.430. The fourth-order valence-corrected chi connectivity index (χ4v) is 2.72. The highest BCUT2D eigenvalue weighted by molar-refractivity contribution is 6.58. The maximum Gasteiger partial charge on any atom is 0.488 e. The Morgan fingerprint density at radius 3 is 2.65 bits per heavy atom. The highest BCUT2D eigenvalue weighted by Gasteiger charge is 2.24. The Labute approximate surface area is 134 Å². The monoisotopic (exact) mass is 306 g/mol. The zero-order chi connectivity index (χ0) is 16.4. The summed E-state index contributed by atoms with van der Waals surface area (Å²) in [4.78, 5) is 24.6. The van der Waals surface area contributed by atoms with Gasteiger partial charge in [0.1, 0.15) is 0 Å². The fourth-order valence-electron chi connectivity index (χ4n) is 2.72. The van der Waals surface area contributed by atoms with Crippen LogP contribution in [-0.2, 0) is 22.4 Å². The zero-order valence-electron chi connectivity index (χ0n) is 12.4. The van der Waals surface area contributed by atoms with E-state index in [4.69, 9.17) is 0 Å². The van der Waals surface area contributed by atoms with Crippen molar-refractivity contribution < 1.29 is 19.6 Å². The average molecular weight is 306 g/mol. The summed E-state index contributed by atoms with van der Waals surface area (Å²) < 4.78 is 0. The standard InChI is InChI=1S/C18H15BO4/c20-17(9-12-4-3-7-15(8-12)19(22)23)16-10-13-5-1-2-6-14(13)11-18(16)21/h1-8,10,22-23H,9,11H2. The van der Waals surface area contributed by atoms with Gasteiger partial charge in [0.05, 0.1) is 5.57 Å². The van der Waals surface area contributed by atoms with Crippen molar-refractivity contribution in [3.05, 3.63) is 70.8 Å². The minimum atomic E-state index is -1.58. The minimum absolute atomic E-state index is 0.0559. The highest BCUT2D eigenvalue weighted by atomic mass is 16.4. The van der Waals surface area contributed by atoms with E-state index in [1.54, 1.807) is 30.3 Å². The number of allylic oxidation sites excluding steroid dienone is 1. The van der Waals surface area contributed by atoms with Crippen molar-refractivity contribution in [2.45, 2.75) is 12.8 Å². The predicted octanol–water partition coefficient (Wildman–Crippen LogP) is 0.687. The molecule has 0 fully saturated rings. The van der Waals surface area contributed by atoms with Crippen molar-refractivity contribution in [2.24, 2.45) is 0 Å². The molecule has 114 valence electrons. The lowest BCUT2D eigenvalue weighted by molar-refractivity contribution is -0.120. The number of ketones is 2. The summed E-state index contributed by atoms with van der Waals surface area (Å²) in [7, 11) is -1.58. The summed E-state index contributed by atoms with van der Waals surface area (Å²) in [5.41, 5.74) is 3.01. The molecule has 0 bridgehead atoms. The Morgan fingerprint density at radius 2 is 1.87 bits per heavy atom. The Kier molecular flexibility index (Phi) is 4.23. The first kappa shape index (κ1) is 15.4. The van der Waals surface area contributed by atoms with Gasteiger partial charge in [0.25, 0.3) is 0 Å². The minimum Gasteiger partial charge on any atom is -0.423 e. The van der Waals surface area contributed by atoms with E-state index < -0.39 is 7.12 Å². The number of carbonyl (C=O) groups is 2. The van der Waals surface area contributed by atoms with Crippen LogP contribution in [0.3, 0.4) is 0 Å². The molecule has 0 aromatic heterocycles. The topological polar surface area (TPSA) is 74.6 Å². The lowest BCUT2D eigenvalue weighted by Crippen LogP contribution is -2.30. The summed E-state index contributed by atoms with van der Waals surface area (Å²) in [6.45, 7) is 0. The van der Waals surface area contributed by atoms with Crippen molar-refractivity contribution in [1.29, 1.82) is 0 Å². The Bertz CT molecular complexity index is 808. The van der Waals surface area contributed by atoms with Crippen molar-refractivity contribution in [2.75, 3.05) is 0 Å². The van der Waals surface area contributed by atoms with Crippen LogP contribution in [0.4, 0.5) is 0 Å². The maximum atomic E-state index is 12.5. The number of hydrogen-bond donors (Lipinski definition) is 2. The van der Waals surface area contributed by atoms with Gasteiger partial charge in [0.2, 0.25) is 0 Å². The molecule has 5 heteroatoms. The summed E-state index contributed by atoms with van der Waals surface area (Å²) >= 11 is 0. The third-order valence-corrected chi connectivity index (χ3v) is 3.92. The van der Waals surface area contributed by atoms with E-state index in [1.165, 1.54) is 0 Å². The van der Waals surface area contributed by atoms with Gasteiger partial charge in [-0.2, -0.15) is 0 Å². The SMILES string of the molecule is O=C(Cc1cccc(B(O)O)c1)C1=Cc2ccccc2CC1=O. The molecule has 2 N–H and O–H groups in total. The van der Waals surface area contributed by atoms with Gasteiger partial charge in [-0.15, -0.1) is 0 Å². The van der Waals surface area contributed by atoms with E-state index in [1.807, 2.05) is 24.3 Å². The molecule has 3 rings (SSSR count). The van der Waals surface area contributed by atoms with Crippen LogP contribution in [0, 0.1) is 0 Å². The molecule has 1 aliphatic rings. The van der Waals surface area contributed by atoms with Gasteiger partial charge in [-0.3, -0.25) is 9.59 Å². The smallest absolute Gasteiger partial charge is 0.423 e. The molecule has 2 aromatic rings. The molecular weight excluding hydrogens is 291 g/mol. The predicted molar refractivity (Wildman–Crippen MR) is 88.1 cm³/mol. The molecule has 0 spiro atoms. The Balaban J connectivity index is 1.85. The molecule has 0 unspecified atom stereocenters. The van der Waals surface area contributed by atoms with Crippen LogP contribution >= 0.6 is 0 Å². The van der Waals surface area contributed by atoms with Gasteiger partial charge >= 0.3 is 7.12 Å². The van der Waals surface area contributed by atoms with Gasteiger partial charge in [0.15, 0.2) is 11.6 Å². The largest absolute Gasteiger partial charge is 0.488 e. The number of benzene rings is 2. The molecule has 4 nitrogen and oxygen atoms in total. The number of Topliss-reactive ketones (excluding diaryl/α,β-unsaturated/α-hetero) is 2. The number of fused-ring (bicyclic) bond motifs is 1. The van der Waals surface area contributed by atoms with Crippen LogP contribution in [-0.4, -0.2) is 28.7 Å². The summed E-state index contributed by atoms with van der Waals surface area (Å²) in [6.07, 6.45) is 1.94. The van der Waals surface area contributed by atoms with Gasteiger partial charge in [-0.25, -0.2) is 0 Å². The van der Waals surface area contributed by atoms with Crippen LogP contribution in [0.5, 0.6) is 0 Å². The molecule has 2 aromatic carbocycles. The van der Waals surface area contributed by atoms with E-state index in [2.05, 4.69) is 0 Å². The van der Waals surface area contributed by atoms with E-state index in [-0.39, 0.29) is 30.0 Å². The Morgan fingerprint density at radius 1 is 1.09 bits per heavy atom. The van der Waals surface area contributed by atoms with Gasteiger partial charge in [0, 0.05) is 12.8 Å². The van der Waals surface area contributed by atoms with Crippen molar-refractivity contribution in [1.82, 2.24) is 0 Å². The van der Waals surface area contributed by atoms with E-state index in [0.29, 0.717) is 11.0 Å². The molecule has 0 amide bonds. The van der Waals surface area contributed by atoms with E-state index in [9.17, 15) is 19.6 Å². The Hall–Kier alpha value is -2.50. The number of carbonyl (C=O) groups excluding carboxylic acids is 2. The van der Waals surface area contributed by atoms with Crippen LogP contribution in [0.25, 0.3) is 6.08 Å². The second kappa shape index (κ2) is 6.32.